The number of carbonyl (C=O) groups is 1. The second-order valence-corrected chi connectivity index (χ2v) is 10.4. The van der Waals surface area contributed by atoms with E-state index in [-0.39, 0.29) is 12.2 Å². The number of aryl methyl sites for hydroxylation is 1. The molecule has 35 heavy (non-hydrogen) atoms. The van der Waals surface area contributed by atoms with Gasteiger partial charge in [0.1, 0.15) is 5.56 Å². The number of fused-ring (bicyclic) bond motifs is 1. The quantitative estimate of drug-likeness (QED) is 0.308. The van der Waals surface area contributed by atoms with Crippen molar-refractivity contribution in [1.29, 1.82) is 0 Å². The van der Waals surface area contributed by atoms with Crippen LogP contribution in [0.3, 0.4) is 0 Å². The Kier molecular flexibility index (Phi) is 6.50. The SMILES string of the molecule is Cc1nn(-c2cccc3cc(Cc4cccc(C(F)(F)F)c4)sc23)c(COC(C)(C)C)c1C(=O)O. The largest absolute Gasteiger partial charge is 0.478 e. The highest BCUT2D eigenvalue weighted by atomic mass is 32.1. The predicted molar refractivity (Wildman–Crippen MR) is 129 cm³/mol. The maximum atomic E-state index is 13.1. The van der Waals surface area contributed by atoms with Crippen molar-refractivity contribution in [3.05, 3.63) is 81.5 Å². The van der Waals surface area contributed by atoms with E-state index in [9.17, 15) is 23.1 Å². The van der Waals surface area contributed by atoms with Crippen LogP contribution in [0.4, 0.5) is 13.2 Å². The van der Waals surface area contributed by atoms with Crippen LogP contribution in [0.2, 0.25) is 0 Å². The van der Waals surface area contributed by atoms with E-state index in [4.69, 9.17) is 4.74 Å². The van der Waals surface area contributed by atoms with E-state index in [1.807, 2.05) is 45.0 Å². The lowest BCUT2D eigenvalue weighted by Gasteiger charge is -2.20. The van der Waals surface area contributed by atoms with Gasteiger partial charge in [0, 0.05) is 11.3 Å². The van der Waals surface area contributed by atoms with E-state index in [1.54, 1.807) is 17.7 Å². The van der Waals surface area contributed by atoms with Crippen molar-refractivity contribution in [3.63, 3.8) is 0 Å². The minimum absolute atomic E-state index is 0.0603. The average molecular weight is 503 g/mol. The average Bonchev–Trinajstić information content (AvgIpc) is 3.31. The normalized spacial score (nSPS) is 12.4. The third-order valence-corrected chi connectivity index (χ3v) is 6.62. The molecule has 184 valence electrons. The molecular weight excluding hydrogens is 477 g/mol. The van der Waals surface area contributed by atoms with Gasteiger partial charge in [-0.05, 0) is 56.8 Å². The third-order valence-electron chi connectivity index (χ3n) is 5.45. The zero-order valence-corrected chi connectivity index (χ0v) is 20.5. The molecule has 0 saturated carbocycles. The maximum Gasteiger partial charge on any atom is 0.416 e. The van der Waals surface area contributed by atoms with E-state index in [0.29, 0.717) is 29.1 Å². The number of benzene rings is 2. The van der Waals surface area contributed by atoms with Crippen LogP contribution in [-0.2, 0) is 23.9 Å². The molecule has 0 saturated heterocycles. The molecule has 0 radical (unpaired) electrons. The van der Waals surface area contributed by atoms with Crippen molar-refractivity contribution in [3.8, 4) is 5.69 Å². The van der Waals surface area contributed by atoms with Crippen molar-refractivity contribution in [2.45, 2.75) is 52.5 Å². The highest BCUT2D eigenvalue weighted by molar-refractivity contribution is 7.19. The molecule has 2 heterocycles. The molecular formula is C26H25F3N2O3S. The second kappa shape index (κ2) is 9.13. The van der Waals surface area contributed by atoms with E-state index in [2.05, 4.69) is 5.10 Å². The Balaban J connectivity index is 1.77. The lowest BCUT2D eigenvalue weighted by molar-refractivity contribution is -0.137. The summed E-state index contributed by atoms with van der Waals surface area (Å²) < 4.78 is 47.7. The molecule has 0 bridgehead atoms. The van der Waals surface area contributed by atoms with Crippen LogP contribution in [-0.4, -0.2) is 26.5 Å². The van der Waals surface area contributed by atoms with Gasteiger partial charge in [-0.1, -0.05) is 30.3 Å². The lowest BCUT2D eigenvalue weighted by Crippen LogP contribution is -2.21. The van der Waals surface area contributed by atoms with Crippen molar-refractivity contribution in [2.75, 3.05) is 0 Å². The van der Waals surface area contributed by atoms with E-state index >= 15 is 0 Å². The summed E-state index contributed by atoms with van der Waals surface area (Å²) in [6.45, 7) is 7.38. The molecule has 2 aromatic heterocycles. The summed E-state index contributed by atoms with van der Waals surface area (Å²) in [5.41, 5.74) is 1.03. The molecule has 9 heteroatoms. The number of aromatic carboxylic acids is 1. The fourth-order valence-electron chi connectivity index (χ4n) is 3.88. The summed E-state index contributed by atoms with van der Waals surface area (Å²) >= 11 is 1.45. The van der Waals surface area contributed by atoms with Crippen molar-refractivity contribution < 1.29 is 27.8 Å². The summed E-state index contributed by atoms with van der Waals surface area (Å²) in [5.74, 6) is -1.08. The van der Waals surface area contributed by atoms with Crippen LogP contribution in [0, 0.1) is 6.92 Å². The van der Waals surface area contributed by atoms with Crippen LogP contribution in [0.25, 0.3) is 15.8 Å². The van der Waals surface area contributed by atoms with Crippen LogP contribution >= 0.6 is 11.3 Å². The highest BCUT2D eigenvalue weighted by Crippen LogP contribution is 2.35. The molecule has 0 spiro atoms. The molecule has 0 fully saturated rings. The second-order valence-electron chi connectivity index (χ2n) is 9.31. The van der Waals surface area contributed by atoms with Crippen LogP contribution < -0.4 is 0 Å². The first-order valence-electron chi connectivity index (χ1n) is 11.0. The van der Waals surface area contributed by atoms with Gasteiger partial charge in [-0.2, -0.15) is 18.3 Å². The Bertz CT molecular complexity index is 1400. The highest BCUT2D eigenvalue weighted by Gasteiger charge is 2.30. The van der Waals surface area contributed by atoms with Gasteiger partial charge in [0.05, 0.1) is 39.5 Å². The molecule has 0 aliphatic heterocycles. The first-order valence-corrected chi connectivity index (χ1v) is 11.8. The van der Waals surface area contributed by atoms with Gasteiger partial charge in [0.25, 0.3) is 0 Å². The maximum absolute atomic E-state index is 13.1. The number of carboxylic acid groups (broad SMARTS) is 1. The third kappa shape index (κ3) is 5.41. The van der Waals surface area contributed by atoms with Crippen LogP contribution in [0.1, 0.15) is 58.5 Å². The van der Waals surface area contributed by atoms with E-state index in [1.165, 1.54) is 23.5 Å². The van der Waals surface area contributed by atoms with Gasteiger partial charge in [-0.3, -0.25) is 0 Å². The number of aromatic nitrogens is 2. The number of carboxylic acids is 1. The molecule has 0 atom stereocenters. The van der Waals surface area contributed by atoms with Crippen LogP contribution in [0.5, 0.6) is 0 Å². The summed E-state index contributed by atoms with van der Waals surface area (Å²) in [7, 11) is 0. The molecule has 0 aliphatic carbocycles. The van der Waals surface area contributed by atoms with Gasteiger partial charge in [0.2, 0.25) is 0 Å². The van der Waals surface area contributed by atoms with Gasteiger partial charge in [0.15, 0.2) is 0 Å². The smallest absolute Gasteiger partial charge is 0.416 e. The number of halogens is 3. The lowest BCUT2D eigenvalue weighted by atomic mass is 10.1. The summed E-state index contributed by atoms with van der Waals surface area (Å²) in [4.78, 5) is 12.9. The van der Waals surface area contributed by atoms with Crippen molar-refractivity contribution >= 4 is 27.4 Å². The van der Waals surface area contributed by atoms with Gasteiger partial charge < -0.3 is 9.84 Å². The Morgan fingerprint density at radius 1 is 1.11 bits per heavy atom. The van der Waals surface area contributed by atoms with Crippen molar-refractivity contribution in [2.24, 2.45) is 0 Å². The Labute approximate surface area is 204 Å². The van der Waals surface area contributed by atoms with E-state index in [0.717, 1.165) is 21.0 Å². The first kappa shape index (κ1) is 24.9. The molecule has 4 rings (SSSR count). The molecule has 2 aromatic carbocycles. The monoisotopic (exact) mass is 502 g/mol. The Morgan fingerprint density at radius 3 is 2.49 bits per heavy atom. The summed E-state index contributed by atoms with van der Waals surface area (Å²) in [5, 5.41) is 15.2. The van der Waals surface area contributed by atoms with Gasteiger partial charge in [-0.25, -0.2) is 9.48 Å². The molecule has 0 unspecified atom stereocenters. The minimum Gasteiger partial charge on any atom is -0.478 e. The number of thiophene rings is 1. The number of hydrogen-bond donors (Lipinski definition) is 1. The zero-order chi connectivity index (χ0) is 25.5. The Hall–Kier alpha value is -3.17. The molecule has 0 amide bonds. The molecule has 1 N–H and O–H groups in total. The number of alkyl halides is 3. The Morgan fingerprint density at radius 2 is 1.83 bits per heavy atom. The van der Waals surface area contributed by atoms with Gasteiger partial charge >= 0.3 is 12.1 Å². The molecule has 4 aromatic rings. The first-order chi connectivity index (χ1) is 16.3. The summed E-state index contributed by atoms with van der Waals surface area (Å²) in [6, 6.07) is 12.9. The van der Waals surface area contributed by atoms with E-state index < -0.39 is 23.3 Å². The van der Waals surface area contributed by atoms with Crippen molar-refractivity contribution in [1.82, 2.24) is 9.78 Å². The number of hydrogen-bond acceptors (Lipinski definition) is 4. The number of nitrogens with zero attached hydrogens (tertiary/aromatic N) is 2. The predicted octanol–water partition coefficient (Wildman–Crippen LogP) is 7.02. The molecule has 5 nitrogen and oxygen atoms in total. The summed E-state index contributed by atoms with van der Waals surface area (Å²) in [6.07, 6.45) is -4.05. The fourth-order valence-corrected chi connectivity index (χ4v) is 5.08. The molecule has 0 aliphatic rings. The number of ether oxygens (including phenoxy) is 1. The van der Waals surface area contributed by atoms with Crippen LogP contribution in [0.15, 0.2) is 48.5 Å². The zero-order valence-electron chi connectivity index (χ0n) is 19.7. The topological polar surface area (TPSA) is 64.4 Å². The fraction of sp³-hybridized carbons (Fsp3) is 0.308. The number of rotatable bonds is 6. The minimum atomic E-state index is -4.39. The van der Waals surface area contributed by atoms with Gasteiger partial charge in [-0.15, -0.1) is 11.3 Å². The standard InChI is InChI=1S/C26H25F3N2O3S/c1-15-22(24(32)33)21(14-34-25(2,3)4)31(30-15)20-10-6-8-17-13-19(35-23(17)20)12-16-7-5-9-18(11-16)26(27,28)29/h5-11,13H,12,14H2,1-4H3,(H,32,33).